The van der Waals surface area contributed by atoms with Gasteiger partial charge < -0.3 is 33.8 Å². The molecule has 0 aromatic carbocycles. The molecule has 0 aromatic heterocycles. The monoisotopic (exact) mass is 1250 g/mol. The number of esters is 4. The van der Waals surface area contributed by atoms with E-state index in [1.165, 1.54) is 122 Å². The van der Waals surface area contributed by atoms with E-state index in [1.54, 1.807) is 0 Å². The van der Waals surface area contributed by atoms with E-state index in [0.29, 0.717) is 25.7 Å². The van der Waals surface area contributed by atoms with Crippen molar-refractivity contribution in [1.29, 1.82) is 0 Å². The van der Waals surface area contributed by atoms with E-state index >= 15 is 0 Å². The minimum atomic E-state index is -4.95. The summed E-state index contributed by atoms with van der Waals surface area (Å²) in [6, 6.07) is 0. The number of hydrogen-bond acceptors (Lipinski definition) is 15. The van der Waals surface area contributed by atoms with E-state index in [4.69, 9.17) is 37.0 Å². The second-order valence-corrected chi connectivity index (χ2v) is 28.7. The molecule has 0 aliphatic rings. The molecule has 5 atom stereocenters. The van der Waals surface area contributed by atoms with E-state index in [-0.39, 0.29) is 25.7 Å². The van der Waals surface area contributed by atoms with Gasteiger partial charge in [-0.2, -0.15) is 0 Å². The highest BCUT2D eigenvalue weighted by Crippen LogP contribution is 2.45. The molecule has 3 N–H and O–H groups in total. The third kappa shape index (κ3) is 60.7. The fourth-order valence-corrected chi connectivity index (χ4v) is 11.4. The summed E-state index contributed by atoms with van der Waals surface area (Å²) in [4.78, 5) is 72.3. The Hall–Kier alpha value is -1.94. The van der Waals surface area contributed by atoms with Crippen molar-refractivity contribution in [2.24, 2.45) is 23.7 Å². The maximum Gasteiger partial charge on any atom is 0.472 e. The molecule has 0 amide bonds. The van der Waals surface area contributed by atoms with Gasteiger partial charge >= 0.3 is 39.5 Å². The number of hydrogen-bond donors (Lipinski definition) is 3. The maximum absolute atomic E-state index is 13.0. The normalized spacial score (nSPS) is 14.4. The minimum Gasteiger partial charge on any atom is -0.462 e. The number of phosphoric ester groups is 2. The molecule has 0 radical (unpaired) electrons. The van der Waals surface area contributed by atoms with E-state index in [9.17, 15) is 43.2 Å². The first-order valence-electron chi connectivity index (χ1n) is 34.2. The van der Waals surface area contributed by atoms with Crippen molar-refractivity contribution in [2.45, 2.75) is 337 Å². The van der Waals surface area contributed by atoms with Crippen LogP contribution in [0.2, 0.25) is 0 Å². The zero-order valence-electron chi connectivity index (χ0n) is 55.2. The summed E-state index contributed by atoms with van der Waals surface area (Å²) < 4.78 is 68.1. The van der Waals surface area contributed by atoms with Crippen LogP contribution < -0.4 is 0 Å². The van der Waals surface area contributed by atoms with Crippen molar-refractivity contribution in [2.75, 3.05) is 39.6 Å². The van der Waals surface area contributed by atoms with Crippen molar-refractivity contribution in [3.63, 3.8) is 0 Å². The van der Waals surface area contributed by atoms with Crippen LogP contribution in [-0.2, 0) is 65.4 Å². The van der Waals surface area contributed by atoms with Crippen LogP contribution in [0.15, 0.2) is 0 Å². The zero-order chi connectivity index (χ0) is 63.2. The molecule has 19 heteroatoms. The van der Waals surface area contributed by atoms with E-state index < -0.39 is 97.5 Å². The lowest BCUT2D eigenvalue weighted by Gasteiger charge is -2.21. The predicted molar refractivity (Wildman–Crippen MR) is 340 cm³/mol. The van der Waals surface area contributed by atoms with Gasteiger partial charge in [-0.25, -0.2) is 9.13 Å². The molecule has 17 nitrogen and oxygen atoms in total. The summed E-state index contributed by atoms with van der Waals surface area (Å²) >= 11 is 0. The molecule has 0 rings (SSSR count). The molecule has 0 aromatic rings. The molecule has 0 heterocycles. The van der Waals surface area contributed by atoms with Crippen molar-refractivity contribution in [1.82, 2.24) is 0 Å². The lowest BCUT2D eigenvalue weighted by Crippen LogP contribution is -2.30. The Kier molecular flexibility index (Phi) is 54.8. The number of aliphatic hydroxyl groups is 1. The molecular weight excluding hydrogens is 1130 g/mol. The minimum absolute atomic E-state index is 0.103. The molecule has 504 valence electrons. The lowest BCUT2D eigenvalue weighted by molar-refractivity contribution is -0.161. The molecule has 0 bridgehead atoms. The van der Waals surface area contributed by atoms with Crippen LogP contribution >= 0.6 is 15.6 Å². The number of unbranched alkanes of at least 4 members (excludes halogenated alkanes) is 29. The SMILES string of the molecule is CC(C)CCCCCCCCCCCC(=O)O[C@H](COC(=O)CCCCCCCCCCC(C)C)COP(=O)(O)OCC(O)COP(=O)(O)OC[C@@H](COC(=O)CCCCCCCCCCC(C)C)OC(=O)CCCCCCCCCCC(C)C. The molecule has 0 saturated carbocycles. The van der Waals surface area contributed by atoms with Crippen molar-refractivity contribution in [3.05, 3.63) is 0 Å². The van der Waals surface area contributed by atoms with Gasteiger partial charge in [0.2, 0.25) is 0 Å². The van der Waals surface area contributed by atoms with Gasteiger partial charge in [0.15, 0.2) is 12.2 Å². The number of ether oxygens (including phenoxy) is 4. The Balaban J connectivity index is 5.26. The fraction of sp³-hybridized carbons (Fsp3) is 0.939. The van der Waals surface area contributed by atoms with Crippen molar-refractivity contribution < 1.29 is 80.2 Å². The topological polar surface area (TPSA) is 237 Å². The van der Waals surface area contributed by atoms with Gasteiger partial charge in [0.25, 0.3) is 0 Å². The number of carbonyl (C=O) groups excluding carboxylic acids is 4. The third-order valence-electron chi connectivity index (χ3n) is 15.1. The summed E-state index contributed by atoms with van der Waals surface area (Å²) in [6.45, 7) is 14.0. The van der Waals surface area contributed by atoms with Crippen molar-refractivity contribution >= 4 is 39.5 Å². The van der Waals surface area contributed by atoms with Gasteiger partial charge in [0, 0.05) is 25.7 Å². The average Bonchev–Trinajstić information content (AvgIpc) is 3.53. The van der Waals surface area contributed by atoms with Crippen molar-refractivity contribution in [3.8, 4) is 0 Å². The Morgan fingerprint density at radius 1 is 0.294 bits per heavy atom. The second-order valence-electron chi connectivity index (χ2n) is 25.8. The van der Waals surface area contributed by atoms with Crippen LogP contribution in [0.1, 0.15) is 319 Å². The molecule has 0 spiro atoms. The van der Waals surface area contributed by atoms with Gasteiger partial charge in [-0.15, -0.1) is 0 Å². The van der Waals surface area contributed by atoms with E-state index in [2.05, 4.69) is 55.4 Å². The molecule has 85 heavy (non-hydrogen) atoms. The highest BCUT2D eigenvalue weighted by atomic mass is 31.2. The molecular formula is C66H128O17P2. The van der Waals surface area contributed by atoms with Crippen LogP contribution in [-0.4, -0.2) is 96.7 Å². The van der Waals surface area contributed by atoms with Crippen LogP contribution in [0.4, 0.5) is 0 Å². The summed E-state index contributed by atoms with van der Waals surface area (Å²) in [7, 11) is -9.89. The van der Waals surface area contributed by atoms with Crippen LogP contribution in [0.3, 0.4) is 0 Å². The Morgan fingerprint density at radius 3 is 0.729 bits per heavy atom. The zero-order valence-corrected chi connectivity index (χ0v) is 57.0. The smallest absolute Gasteiger partial charge is 0.462 e. The first-order chi connectivity index (χ1) is 40.6. The van der Waals surface area contributed by atoms with Gasteiger partial charge in [-0.1, -0.05) is 267 Å². The van der Waals surface area contributed by atoms with E-state index in [1.807, 2.05) is 0 Å². The second kappa shape index (κ2) is 56.1. The molecule has 3 unspecified atom stereocenters. The van der Waals surface area contributed by atoms with Crippen LogP contribution in [0.5, 0.6) is 0 Å². The summed E-state index contributed by atoms with van der Waals surface area (Å²) in [5.74, 6) is 0.770. The molecule has 0 aliphatic carbocycles. The average molecular weight is 1260 g/mol. The number of rotatable bonds is 63. The summed E-state index contributed by atoms with van der Waals surface area (Å²) in [5, 5.41) is 10.6. The first-order valence-corrected chi connectivity index (χ1v) is 37.2. The number of aliphatic hydroxyl groups excluding tert-OH is 1. The largest absolute Gasteiger partial charge is 0.472 e. The van der Waals surface area contributed by atoms with E-state index in [0.717, 1.165) is 114 Å². The highest BCUT2D eigenvalue weighted by Gasteiger charge is 2.30. The lowest BCUT2D eigenvalue weighted by atomic mass is 10.0. The van der Waals surface area contributed by atoms with Gasteiger partial charge in [0.1, 0.15) is 19.3 Å². The fourth-order valence-electron chi connectivity index (χ4n) is 9.78. The highest BCUT2D eigenvalue weighted by molar-refractivity contribution is 7.47. The Morgan fingerprint density at radius 2 is 0.494 bits per heavy atom. The molecule has 0 saturated heterocycles. The molecule has 0 aliphatic heterocycles. The molecule has 0 fully saturated rings. The summed E-state index contributed by atoms with van der Waals surface area (Å²) in [5.41, 5.74) is 0. The van der Waals surface area contributed by atoms with Gasteiger partial charge in [-0.05, 0) is 49.4 Å². The Bertz CT molecular complexity index is 1700. The predicted octanol–water partition coefficient (Wildman–Crippen LogP) is 18.1. The van der Waals surface area contributed by atoms with Crippen LogP contribution in [0.25, 0.3) is 0 Å². The standard InChI is InChI=1S/C66H128O17P2/c1-56(2)42-34-26-18-10-9-11-24-32-40-48-65(70)82-61(52-76-63(68)46-38-30-22-15-12-19-27-35-43-57(3)4)54-80-84(72,73)78-50-60(67)51-79-85(74,75)81-55-62(83-66(71)49-41-33-25-17-14-21-29-37-45-59(7)8)53-77-64(69)47-39-31-23-16-13-20-28-36-44-58(5)6/h56-62,67H,9-55H2,1-8H3,(H,72,73)(H,74,75)/t60?,61-,62-/m1/s1. The quantitative estimate of drug-likeness (QED) is 0.0222. The summed E-state index contributed by atoms with van der Waals surface area (Å²) in [6.07, 6.45) is 36.3. The van der Waals surface area contributed by atoms with Crippen LogP contribution in [0, 0.1) is 23.7 Å². The third-order valence-corrected chi connectivity index (χ3v) is 17.0. The van der Waals surface area contributed by atoms with Gasteiger partial charge in [-0.3, -0.25) is 37.3 Å². The first kappa shape index (κ1) is 83.1. The van der Waals surface area contributed by atoms with Gasteiger partial charge in [0.05, 0.1) is 26.4 Å². The Labute approximate surface area is 517 Å². The number of phosphoric acid groups is 2. The maximum atomic E-state index is 13.0. The number of carbonyl (C=O) groups is 4.